The number of rotatable bonds is 4. The molecule has 0 saturated heterocycles. The van der Waals surface area contributed by atoms with E-state index in [0.29, 0.717) is 0 Å². The lowest BCUT2D eigenvalue weighted by Gasteiger charge is -2.12. The molecule has 0 aliphatic heterocycles. The van der Waals surface area contributed by atoms with Gasteiger partial charge in [-0.1, -0.05) is 11.6 Å². The number of benzene rings is 1. The van der Waals surface area contributed by atoms with E-state index in [0.717, 1.165) is 6.07 Å². The number of non-ortho nitro benzene ring substituents is 1. The third-order valence-electron chi connectivity index (χ3n) is 2.02. The van der Waals surface area contributed by atoms with Crippen LogP contribution in [0.25, 0.3) is 0 Å². The minimum Gasteiger partial charge on any atom is -0.324 e. The van der Waals surface area contributed by atoms with Gasteiger partial charge in [0.25, 0.3) is 5.69 Å². The Bertz CT molecular complexity index is 405. The van der Waals surface area contributed by atoms with E-state index in [1.807, 2.05) is 0 Å². The van der Waals surface area contributed by atoms with Crippen LogP contribution in [0.5, 0.6) is 0 Å². The molecule has 0 saturated carbocycles. The van der Waals surface area contributed by atoms with Gasteiger partial charge < -0.3 is 5.73 Å². The van der Waals surface area contributed by atoms with E-state index < -0.39 is 23.8 Å². The third kappa shape index (κ3) is 4.41. The lowest BCUT2D eigenvalue weighted by molar-refractivity contribution is -0.384. The van der Waals surface area contributed by atoms with Crippen molar-refractivity contribution >= 4 is 29.7 Å². The minimum atomic E-state index is -2.58. The Morgan fingerprint density at radius 2 is 2.06 bits per heavy atom. The topological polar surface area (TPSA) is 69.2 Å². The molecular formula is C9H10Cl2F2N2O2. The zero-order chi connectivity index (χ0) is 12.3. The van der Waals surface area contributed by atoms with E-state index >= 15 is 0 Å². The molecule has 0 amide bonds. The first-order valence-corrected chi connectivity index (χ1v) is 4.77. The molecule has 1 rings (SSSR count). The Balaban J connectivity index is 0.00000256. The first kappa shape index (κ1) is 16.0. The summed E-state index contributed by atoms with van der Waals surface area (Å²) in [6.45, 7) is 0. The largest absolute Gasteiger partial charge is 0.324 e. The van der Waals surface area contributed by atoms with Gasteiger partial charge in [-0.2, -0.15) is 0 Å². The molecule has 0 spiro atoms. The predicted octanol–water partition coefficient (Wildman–Crippen LogP) is 3.33. The van der Waals surface area contributed by atoms with Crippen LogP contribution in [0.2, 0.25) is 5.02 Å². The summed E-state index contributed by atoms with van der Waals surface area (Å²) in [5.74, 6) is 0. The standard InChI is InChI=1S/C9H9ClF2N2O2.ClH/c10-7-2-1-5(14(15)16)3-6(7)8(13)4-9(11)12;/h1-3,8-9H,4,13H2;1H/t8-;/m1./s1. The molecule has 0 bridgehead atoms. The lowest BCUT2D eigenvalue weighted by atomic mass is 10.0. The smallest absolute Gasteiger partial charge is 0.269 e. The summed E-state index contributed by atoms with van der Waals surface area (Å²) in [4.78, 5) is 9.85. The second kappa shape index (κ2) is 6.68. The fourth-order valence-electron chi connectivity index (χ4n) is 1.25. The van der Waals surface area contributed by atoms with Crippen molar-refractivity contribution in [2.24, 2.45) is 5.73 Å². The van der Waals surface area contributed by atoms with Crippen molar-refractivity contribution in [2.45, 2.75) is 18.9 Å². The average molecular weight is 287 g/mol. The third-order valence-corrected chi connectivity index (χ3v) is 2.37. The van der Waals surface area contributed by atoms with E-state index in [1.165, 1.54) is 12.1 Å². The second-order valence-corrected chi connectivity index (χ2v) is 3.60. The van der Waals surface area contributed by atoms with Crippen molar-refractivity contribution in [1.82, 2.24) is 0 Å². The number of hydrogen-bond donors (Lipinski definition) is 1. The summed E-state index contributed by atoms with van der Waals surface area (Å²) in [7, 11) is 0. The van der Waals surface area contributed by atoms with Crippen LogP contribution in [0, 0.1) is 10.1 Å². The first-order chi connectivity index (χ1) is 7.41. The average Bonchev–Trinajstić information content (AvgIpc) is 2.16. The van der Waals surface area contributed by atoms with Crippen molar-refractivity contribution in [2.75, 3.05) is 0 Å². The Labute approximate surface area is 107 Å². The quantitative estimate of drug-likeness (QED) is 0.682. The Hall–Kier alpha value is -0.980. The summed E-state index contributed by atoms with van der Waals surface area (Å²) >= 11 is 5.73. The number of nitro groups is 1. The molecule has 0 radical (unpaired) electrons. The molecule has 96 valence electrons. The van der Waals surface area contributed by atoms with Crippen molar-refractivity contribution in [3.8, 4) is 0 Å². The zero-order valence-electron chi connectivity index (χ0n) is 8.48. The van der Waals surface area contributed by atoms with Crippen LogP contribution in [0.3, 0.4) is 0 Å². The number of nitro benzene ring substituents is 1. The van der Waals surface area contributed by atoms with Crippen molar-refractivity contribution in [3.05, 3.63) is 38.9 Å². The molecular weight excluding hydrogens is 277 g/mol. The van der Waals surface area contributed by atoms with Crippen LogP contribution >= 0.6 is 24.0 Å². The van der Waals surface area contributed by atoms with Gasteiger partial charge in [-0.05, 0) is 11.6 Å². The van der Waals surface area contributed by atoms with E-state index in [9.17, 15) is 18.9 Å². The first-order valence-electron chi connectivity index (χ1n) is 4.39. The second-order valence-electron chi connectivity index (χ2n) is 3.20. The maximum Gasteiger partial charge on any atom is 0.269 e. The number of nitrogens with two attached hydrogens (primary N) is 1. The molecule has 17 heavy (non-hydrogen) atoms. The zero-order valence-corrected chi connectivity index (χ0v) is 10.0. The Morgan fingerprint density at radius 1 is 1.47 bits per heavy atom. The molecule has 4 nitrogen and oxygen atoms in total. The van der Waals surface area contributed by atoms with Crippen LogP contribution in [0.1, 0.15) is 18.0 Å². The maximum absolute atomic E-state index is 12.1. The van der Waals surface area contributed by atoms with Crippen LogP contribution in [-0.2, 0) is 0 Å². The summed E-state index contributed by atoms with van der Waals surface area (Å²) < 4.78 is 24.2. The summed E-state index contributed by atoms with van der Waals surface area (Å²) in [6, 6.07) is 2.59. The summed E-state index contributed by atoms with van der Waals surface area (Å²) in [5.41, 5.74) is 5.42. The van der Waals surface area contributed by atoms with E-state index in [2.05, 4.69) is 0 Å². The SMILES string of the molecule is Cl.N[C@H](CC(F)F)c1cc([N+](=O)[O-])ccc1Cl. The molecule has 1 atom stereocenters. The van der Waals surface area contributed by atoms with E-state index in [1.54, 1.807) is 0 Å². The minimum absolute atomic E-state index is 0. The predicted molar refractivity (Wildman–Crippen MR) is 62.9 cm³/mol. The van der Waals surface area contributed by atoms with Gasteiger partial charge in [0.15, 0.2) is 0 Å². The maximum atomic E-state index is 12.1. The molecule has 2 N–H and O–H groups in total. The fourth-order valence-corrected chi connectivity index (χ4v) is 1.51. The van der Waals surface area contributed by atoms with Gasteiger partial charge in [0.05, 0.1) is 4.92 Å². The molecule has 1 aromatic carbocycles. The van der Waals surface area contributed by atoms with Crippen molar-refractivity contribution in [1.29, 1.82) is 0 Å². The van der Waals surface area contributed by atoms with Gasteiger partial charge in [-0.15, -0.1) is 12.4 Å². The fraction of sp³-hybridized carbons (Fsp3) is 0.333. The molecule has 8 heteroatoms. The van der Waals surface area contributed by atoms with Crippen molar-refractivity contribution < 1.29 is 13.7 Å². The summed E-state index contributed by atoms with van der Waals surface area (Å²) in [6.07, 6.45) is -3.16. The Kier molecular flexibility index (Phi) is 6.30. The lowest BCUT2D eigenvalue weighted by Crippen LogP contribution is -2.14. The van der Waals surface area contributed by atoms with Gasteiger partial charge in [-0.25, -0.2) is 8.78 Å². The molecule has 0 fully saturated rings. The molecule has 0 aliphatic rings. The highest BCUT2D eigenvalue weighted by Crippen LogP contribution is 2.29. The van der Waals surface area contributed by atoms with E-state index in [-0.39, 0.29) is 28.7 Å². The highest BCUT2D eigenvalue weighted by atomic mass is 35.5. The molecule has 0 aliphatic carbocycles. The normalized spacial score (nSPS) is 12.1. The van der Waals surface area contributed by atoms with Crippen LogP contribution in [-0.4, -0.2) is 11.3 Å². The van der Waals surface area contributed by atoms with Gasteiger partial charge >= 0.3 is 0 Å². The highest BCUT2D eigenvalue weighted by Gasteiger charge is 2.18. The van der Waals surface area contributed by atoms with Crippen molar-refractivity contribution in [3.63, 3.8) is 0 Å². The van der Waals surface area contributed by atoms with Gasteiger partial charge in [0.2, 0.25) is 6.43 Å². The molecule has 1 aromatic rings. The van der Waals surface area contributed by atoms with Gasteiger partial charge in [-0.3, -0.25) is 10.1 Å². The highest BCUT2D eigenvalue weighted by molar-refractivity contribution is 6.31. The van der Waals surface area contributed by atoms with Crippen LogP contribution in [0.15, 0.2) is 18.2 Å². The number of nitrogens with zero attached hydrogens (tertiary/aromatic N) is 1. The number of hydrogen-bond acceptors (Lipinski definition) is 3. The monoisotopic (exact) mass is 286 g/mol. The van der Waals surface area contributed by atoms with Crippen LogP contribution in [0.4, 0.5) is 14.5 Å². The summed E-state index contributed by atoms with van der Waals surface area (Å²) in [5, 5.41) is 10.6. The molecule has 0 unspecified atom stereocenters. The number of alkyl halides is 2. The number of halogens is 4. The van der Waals surface area contributed by atoms with Crippen LogP contribution < -0.4 is 5.73 Å². The molecule has 0 aromatic heterocycles. The van der Waals surface area contributed by atoms with E-state index in [4.69, 9.17) is 17.3 Å². The molecule has 0 heterocycles. The van der Waals surface area contributed by atoms with Gasteiger partial charge in [0.1, 0.15) is 0 Å². The Morgan fingerprint density at radius 3 is 2.53 bits per heavy atom. The van der Waals surface area contributed by atoms with Gasteiger partial charge in [0, 0.05) is 29.6 Å².